The first kappa shape index (κ1) is 14.3. The third-order valence-corrected chi connectivity index (χ3v) is 2.96. The number of hydrogen-bond acceptors (Lipinski definition) is 4. The van der Waals surface area contributed by atoms with Gasteiger partial charge in [-0.05, 0) is 43.0 Å². The van der Waals surface area contributed by atoms with E-state index in [1.54, 1.807) is 13.2 Å². The van der Waals surface area contributed by atoms with E-state index in [1.807, 2.05) is 19.1 Å². The maximum atomic E-state index is 5.84. The van der Waals surface area contributed by atoms with Gasteiger partial charge in [0.15, 0.2) is 0 Å². The summed E-state index contributed by atoms with van der Waals surface area (Å²) in [6.45, 7) is 8.20. The highest BCUT2D eigenvalue weighted by molar-refractivity contribution is 5.37. The van der Waals surface area contributed by atoms with Gasteiger partial charge in [-0.1, -0.05) is 19.9 Å². The molecule has 0 unspecified atom stereocenters. The van der Waals surface area contributed by atoms with E-state index >= 15 is 0 Å². The normalized spacial score (nSPS) is 10.7. The third-order valence-electron chi connectivity index (χ3n) is 2.96. The van der Waals surface area contributed by atoms with Crippen LogP contribution in [-0.2, 0) is 0 Å². The fourth-order valence-corrected chi connectivity index (χ4v) is 1.96. The van der Waals surface area contributed by atoms with Crippen LogP contribution in [0.4, 0.5) is 0 Å². The van der Waals surface area contributed by atoms with Crippen LogP contribution in [0.2, 0.25) is 0 Å². The molecule has 1 heterocycles. The monoisotopic (exact) mass is 272 g/mol. The van der Waals surface area contributed by atoms with Crippen LogP contribution in [0.1, 0.15) is 36.7 Å². The van der Waals surface area contributed by atoms with Crippen molar-refractivity contribution in [1.82, 2.24) is 9.97 Å². The van der Waals surface area contributed by atoms with E-state index in [1.165, 1.54) is 11.1 Å². The number of aromatic nitrogens is 2. The fourth-order valence-electron chi connectivity index (χ4n) is 1.96. The topological polar surface area (TPSA) is 44.2 Å². The standard InChI is InChI=1S/C16H20N2O2/c1-10(2)13-6-11(3)7-14(8-13)20-16-9-15(19-5)17-12(4)18-16/h6-10H,1-5H3. The van der Waals surface area contributed by atoms with E-state index in [2.05, 4.69) is 36.8 Å². The van der Waals surface area contributed by atoms with Crippen LogP contribution < -0.4 is 9.47 Å². The zero-order valence-corrected chi connectivity index (χ0v) is 12.6. The molecule has 0 aliphatic carbocycles. The van der Waals surface area contributed by atoms with E-state index in [-0.39, 0.29) is 0 Å². The second-order valence-electron chi connectivity index (χ2n) is 5.13. The first-order chi connectivity index (χ1) is 9.47. The molecule has 0 aliphatic rings. The van der Waals surface area contributed by atoms with Crippen LogP contribution in [0.3, 0.4) is 0 Å². The second kappa shape index (κ2) is 5.90. The molecule has 0 saturated heterocycles. The Kier molecular flexibility index (Phi) is 4.23. The Balaban J connectivity index is 2.32. The number of ether oxygens (including phenoxy) is 2. The molecule has 1 aromatic heterocycles. The van der Waals surface area contributed by atoms with Gasteiger partial charge in [-0.2, -0.15) is 9.97 Å². The molecule has 0 radical (unpaired) electrons. The molecule has 1 aromatic carbocycles. The lowest BCUT2D eigenvalue weighted by molar-refractivity contribution is 0.386. The molecule has 4 nitrogen and oxygen atoms in total. The molecule has 0 spiro atoms. The SMILES string of the molecule is COc1cc(Oc2cc(C)cc(C(C)C)c2)nc(C)n1. The van der Waals surface area contributed by atoms with Crippen molar-refractivity contribution in [1.29, 1.82) is 0 Å². The zero-order chi connectivity index (χ0) is 14.7. The van der Waals surface area contributed by atoms with Crippen LogP contribution in [0.15, 0.2) is 24.3 Å². The Bertz CT molecular complexity index is 609. The van der Waals surface area contributed by atoms with Gasteiger partial charge in [0.25, 0.3) is 0 Å². The molecular formula is C16H20N2O2. The second-order valence-corrected chi connectivity index (χ2v) is 5.13. The quantitative estimate of drug-likeness (QED) is 0.843. The van der Waals surface area contributed by atoms with Crippen LogP contribution in [0.5, 0.6) is 17.5 Å². The van der Waals surface area contributed by atoms with Crippen molar-refractivity contribution >= 4 is 0 Å². The molecule has 0 N–H and O–H groups in total. The minimum atomic E-state index is 0.457. The molecule has 2 rings (SSSR count). The van der Waals surface area contributed by atoms with Gasteiger partial charge in [0.2, 0.25) is 11.8 Å². The summed E-state index contributed by atoms with van der Waals surface area (Å²) in [5, 5.41) is 0. The zero-order valence-electron chi connectivity index (χ0n) is 12.6. The Labute approximate surface area is 119 Å². The molecule has 0 bridgehead atoms. The van der Waals surface area contributed by atoms with Crippen molar-refractivity contribution in [3.05, 3.63) is 41.2 Å². The summed E-state index contributed by atoms with van der Waals surface area (Å²) in [6.07, 6.45) is 0. The van der Waals surface area contributed by atoms with E-state index in [0.29, 0.717) is 23.5 Å². The van der Waals surface area contributed by atoms with Gasteiger partial charge in [-0.15, -0.1) is 0 Å². The van der Waals surface area contributed by atoms with Crippen molar-refractivity contribution in [2.75, 3.05) is 7.11 Å². The van der Waals surface area contributed by atoms with E-state index in [4.69, 9.17) is 9.47 Å². The molecule has 0 saturated carbocycles. The van der Waals surface area contributed by atoms with Gasteiger partial charge in [0.05, 0.1) is 13.2 Å². The van der Waals surface area contributed by atoms with Crippen molar-refractivity contribution in [2.45, 2.75) is 33.6 Å². The molecule has 0 atom stereocenters. The van der Waals surface area contributed by atoms with Crippen molar-refractivity contribution in [3.63, 3.8) is 0 Å². The van der Waals surface area contributed by atoms with Crippen LogP contribution in [0.25, 0.3) is 0 Å². The van der Waals surface area contributed by atoms with Gasteiger partial charge < -0.3 is 9.47 Å². The average Bonchev–Trinajstić information content (AvgIpc) is 2.37. The molecule has 0 amide bonds. The highest BCUT2D eigenvalue weighted by Gasteiger charge is 2.07. The summed E-state index contributed by atoms with van der Waals surface area (Å²) in [7, 11) is 1.58. The number of methoxy groups -OCH3 is 1. The third kappa shape index (κ3) is 3.47. The summed E-state index contributed by atoms with van der Waals surface area (Å²) in [5.74, 6) is 2.86. The predicted molar refractivity (Wildman–Crippen MR) is 78.7 cm³/mol. The van der Waals surface area contributed by atoms with Crippen LogP contribution in [0, 0.1) is 13.8 Å². The van der Waals surface area contributed by atoms with Gasteiger partial charge in [-0.25, -0.2) is 0 Å². The van der Waals surface area contributed by atoms with E-state index < -0.39 is 0 Å². The first-order valence-corrected chi connectivity index (χ1v) is 6.67. The summed E-state index contributed by atoms with van der Waals surface area (Å²) in [5.41, 5.74) is 2.42. The van der Waals surface area contributed by atoms with Crippen LogP contribution >= 0.6 is 0 Å². The largest absolute Gasteiger partial charge is 0.481 e. The molecule has 0 fully saturated rings. The van der Waals surface area contributed by atoms with Crippen molar-refractivity contribution in [2.24, 2.45) is 0 Å². The molecule has 4 heteroatoms. The lowest BCUT2D eigenvalue weighted by atomic mass is 10.0. The average molecular weight is 272 g/mol. The number of hydrogen-bond donors (Lipinski definition) is 0. The Morgan fingerprint density at radius 1 is 0.950 bits per heavy atom. The Morgan fingerprint density at radius 3 is 2.30 bits per heavy atom. The summed E-state index contributed by atoms with van der Waals surface area (Å²) in [4.78, 5) is 8.41. The number of aryl methyl sites for hydroxylation is 2. The van der Waals surface area contributed by atoms with Gasteiger partial charge in [0.1, 0.15) is 11.6 Å². The highest BCUT2D eigenvalue weighted by Crippen LogP contribution is 2.27. The van der Waals surface area contributed by atoms with Gasteiger partial charge in [-0.3, -0.25) is 0 Å². The number of nitrogens with zero attached hydrogens (tertiary/aromatic N) is 2. The van der Waals surface area contributed by atoms with Crippen LogP contribution in [-0.4, -0.2) is 17.1 Å². The molecule has 2 aromatic rings. The van der Waals surface area contributed by atoms with Crippen molar-refractivity contribution < 1.29 is 9.47 Å². The summed E-state index contributed by atoms with van der Waals surface area (Å²) < 4.78 is 11.0. The number of benzene rings is 1. The van der Waals surface area contributed by atoms with Gasteiger partial charge in [0, 0.05) is 0 Å². The Morgan fingerprint density at radius 2 is 1.65 bits per heavy atom. The molecule has 20 heavy (non-hydrogen) atoms. The summed E-state index contributed by atoms with van der Waals surface area (Å²) in [6, 6.07) is 7.89. The lowest BCUT2D eigenvalue weighted by Gasteiger charge is -2.11. The van der Waals surface area contributed by atoms with E-state index in [0.717, 1.165) is 5.75 Å². The first-order valence-electron chi connectivity index (χ1n) is 6.67. The maximum Gasteiger partial charge on any atom is 0.226 e. The molecule has 0 aliphatic heterocycles. The minimum Gasteiger partial charge on any atom is -0.481 e. The predicted octanol–water partition coefficient (Wildman–Crippen LogP) is 4.02. The maximum absolute atomic E-state index is 5.84. The molecule has 106 valence electrons. The number of rotatable bonds is 4. The smallest absolute Gasteiger partial charge is 0.226 e. The molecular weight excluding hydrogens is 252 g/mol. The van der Waals surface area contributed by atoms with E-state index in [9.17, 15) is 0 Å². The highest BCUT2D eigenvalue weighted by atomic mass is 16.5. The van der Waals surface area contributed by atoms with Gasteiger partial charge >= 0.3 is 0 Å². The Hall–Kier alpha value is -2.10. The lowest BCUT2D eigenvalue weighted by Crippen LogP contribution is -1.97. The fraction of sp³-hybridized carbons (Fsp3) is 0.375. The summed E-state index contributed by atoms with van der Waals surface area (Å²) >= 11 is 0. The van der Waals surface area contributed by atoms with Crippen molar-refractivity contribution in [3.8, 4) is 17.5 Å². The minimum absolute atomic E-state index is 0.457.